The average molecular weight is 295 g/mol. The SMILES string of the molecule is Cc1c(C(=O)NCC(=O)NCC(=O)O)cccc1[N+](=O)[O-]. The highest BCUT2D eigenvalue weighted by atomic mass is 16.6. The second-order valence-electron chi connectivity index (χ2n) is 4.06. The van der Waals surface area contributed by atoms with E-state index in [2.05, 4.69) is 10.6 Å². The molecule has 21 heavy (non-hydrogen) atoms. The summed E-state index contributed by atoms with van der Waals surface area (Å²) in [6.45, 7) is 0.455. The molecule has 0 unspecified atom stereocenters. The van der Waals surface area contributed by atoms with Gasteiger partial charge >= 0.3 is 5.97 Å². The predicted octanol–water partition coefficient (Wildman–Crippen LogP) is -0.166. The van der Waals surface area contributed by atoms with Gasteiger partial charge in [0.2, 0.25) is 5.91 Å². The molecule has 0 aliphatic rings. The van der Waals surface area contributed by atoms with Gasteiger partial charge in [-0.15, -0.1) is 0 Å². The maximum Gasteiger partial charge on any atom is 0.322 e. The Labute approximate surface area is 119 Å². The second kappa shape index (κ2) is 6.98. The van der Waals surface area contributed by atoms with Gasteiger partial charge in [-0.25, -0.2) is 0 Å². The molecule has 0 heterocycles. The summed E-state index contributed by atoms with van der Waals surface area (Å²) in [5.74, 6) is -2.53. The van der Waals surface area contributed by atoms with Crippen molar-refractivity contribution in [2.45, 2.75) is 6.92 Å². The van der Waals surface area contributed by atoms with Crippen LogP contribution < -0.4 is 10.6 Å². The van der Waals surface area contributed by atoms with Crippen LogP contribution in [0.4, 0.5) is 5.69 Å². The largest absolute Gasteiger partial charge is 0.480 e. The predicted molar refractivity (Wildman–Crippen MR) is 70.8 cm³/mol. The number of nitrogens with zero attached hydrogens (tertiary/aromatic N) is 1. The van der Waals surface area contributed by atoms with Gasteiger partial charge in [0.15, 0.2) is 0 Å². The van der Waals surface area contributed by atoms with Crippen molar-refractivity contribution in [2.75, 3.05) is 13.1 Å². The zero-order chi connectivity index (χ0) is 16.0. The molecule has 9 nitrogen and oxygen atoms in total. The first kappa shape index (κ1) is 16.1. The molecule has 0 saturated heterocycles. The summed E-state index contributed by atoms with van der Waals surface area (Å²) in [7, 11) is 0. The fraction of sp³-hybridized carbons (Fsp3) is 0.250. The summed E-state index contributed by atoms with van der Waals surface area (Å²) in [5.41, 5.74) is 0.0687. The Morgan fingerprint density at radius 3 is 2.48 bits per heavy atom. The van der Waals surface area contributed by atoms with Gasteiger partial charge < -0.3 is 15.7 Å². The lowest BCUT2D eigenvalue weighted by molar-refractivity contribution is -0.385. The van der Waals surface area contributed by atoms with Crippen molar-refractivity contribution in [1.82, 2.24) is 10.6 Å². The third-order valence-electron chi connectivity index (χ3n) is 2.59. The molecular weight excluding hydrogens is 282 g/mol. The van der Waals surface area contributed by atoms with Gasteiger partial charge in [-0.05, 0) is 13.0 Å². The summed E-state index contributed by atoms with van der Waals surface area (Å²) in [6.07, 6.45) is 0. The minimum atomic E-state index is -1.20. The molecule has 3 N–H and O–H groups in total. The molecule has 0 aliphatic carbocycles. The van der Waals surface area contributed by atoms with E-state index >= 15 is 0 Å². The van der Waals surface area contributed by atoms with E-state index in [1.807, 2.05) is 0 Å². The molecule has 0 spiro atoms. The van der Waals surface area contributed by atoms with Crippen molar-refractivity contribution < 1.29 is 24.4 Å². The number of nitro benzene ring substituents is 1. The molecule has 0 aliphatic heterocycles. The Morgan fingerprint density at radius 2 is 1.90 bits per heavy atom. The van der Waals surface area contributed by atoms with Crippen LogP contribution in [0.2, 0.25) is 0 Å². The Hall–Kier alpha value is -2.97. The first-order chi connectivity index (χ1) is 9.82. The Kier molecular flexibility index (Phi) is 5.35. The molecule has 2 amide bonds. The number of nitrogens with one attached hydrogen (secondary N) is 2. The number of aliphatic carboxylic acids is 1. The number of carbonyl (C=O) groups is 3. The summed E-state index contributed by atoms with van der Waals surface area (Å²) in [5, 5.41) is 23.5. The van der Waals surface area contributed by atoms with E-state index in [4.69, 9.17) is 5.11 Å². The highest BCUT2D eigenvalue weighted by Gasteiger charge is 2.18. The quantitative estimate of drug-likeness (QED) is 0.492. The highest BCUT2D eigenvalue weighted by molar-refractivity contribution is 5.98. The van der Waals surface area contributed by atoms with Crippen LogP contribution in [0.25, 0.3) is 0 Å². The van der Waals surface area contributed by atoms with Crippen LogP contribution in [-0.4, -0.2) is 40.9 Å². The van der Waals surface area contributed by atoms with Gasteiger partial charge in [0.05, 0.1) is 11.5 Å². The second-order valence-corrected chi connectivity index (χ2v) is 4.06. The molecule has 0 atom stereocenters. The molecule has 1 aromatic rings. The molecule has 1 rings (SSSR count). The van der Waals surface area contributed by atoms with E-state index in [0.717, 1.165) is 0 Å². The third kappa shape index (κ3) is 4.56. The standard InChI is InChI=1S/C12H13N3O6/c1-7-8(3-2-4-9(7)15(20)21)12(19)14-5-10(16)13-6-11(17)18/h2-4H,5-6H2,1H3,(H,13,16)(H,14,19)(H,17,18). The van der Waals surface area contributed by atoms with Crippen molar-refractivity contribution >= 4 is 23.5 Å². The molecule has 0 radical (unpaired) electrons. The van der Waals surface area contributed by atoms with E-state index in [1.165, 1.54) is 25.1 Å². The molecule has 9 heteroatoms. The summed E-state index contributed by atoms with van der Waals surface area (Å²) < 4.78 is 0. The lowest BCUT2D eigenvalue weighted by Gasteiger charge is -2.07. The van der Waals surface area contributed by atoms with Crippen LogP contribution in [0.15, 0.2) is 18.2 Å². The Balaban J connectivity index is 2.68. The number of carboxylic acid groups (broad SMARTS) is 1. The molecule has 0 aromatic heterocycles. The monoisotopic (exact) mass is 295 g/mol. The Morgan fingerprint density at radius 1 is 1.24 bits per heavy atom. The van der Waals surface area contributed by atoms with E-state index in [9.17, 15) is 24.5 Å². The van der Waals surface area contributed by atoms with Crippen LogP contribution in [0, 0.1) is 17.0 Å². The van der Waals surface area contributed by atoms with Crippen LogP contribution in [0.3, 0.4) is 0 Å². The number of rotatable bonds is 6. The van der Waals surface area contributed by atoms with E-state index < -0.39 is 35.8 Å². The Bertz CT molecular complexity index is 599. The maximum absolute atomic E-state index is 11.9. The molecule has 0 bridgehead atoms. The fourth-order valence-corrected chi connectivity index (χ4v) is 1.56. The summed E-state index contributed by atoms with van der Waals surface area (Å²) >= 11 is 0. The minimum absolute atomic E-state index is 0.0789. The minimum Gasteiger partial charge on any atom is -0.480 e. The number of carbonyl (C=O) groups excluding carboxylic acids is 2. The maximum atomic E-state index is 11.9. The fourth-order valence-electron chi connectivity index (χ4n) is 1.56. The topological polar surface area (TPSA) is 139 Å². The van der Waals surface area contributed by atoms with Gasteiger partial charge in [0, 0.05) is 17.2 Å². The molecule has 0 fully saturated rings. The summed E-state index contributed by atoms with van der Waals surface area (Å²) in [6, 6.07) is 4.03. The van der Waals surface area contributed by atoms with Gasteiger partial charge in [0.1, 0.15) is 6.54 Å². The first-order valence-electron chi connectivity index (χ1n) is 5.83. The number of hydrogen-bond donors (Lipinski definition) is 3. The normalized spacial score (nSPS) is 9.76. The van der Waals surface area contributed by atoms with Crippen LogP contribution in [0.1, 0.15) is 15.9 Å². The van der Waals surface area contributed by atoms with Crippen molar-refractivity contribution in [3.05, 3.63) is 39.4 Å². The lowest BCUT2D eigenvalue weighted by atomic mass is 10.1. The van der Waals surface area contributed by atoms with E-state index in [0.29, 0.717) is 0 Å². The number of benzene rings is 1. The number of carboxylic acids is 1. The zero-order valence-electron chi connectivity index (χ0n) is 11.1. The molecule has 1 aromatic carbocycles. The highest BCUT2D eigenvalue weighted by Crippen LogP contribution is 2.20. The average Bonchev–Trinajstić information content (AvgIpc) is 2.42. The van der Waals surface area contributed by atoms with Gasteiger partial charge in [-0.3, -0.25) is 24.5 Å². The first-order valence-corrected chi connectivity index (χ1v) is 5.83. The van der Waals surface area contributed by atoms with Gasteiger partial charge in [-0.2, -0.15) is 0 Å². The van der Waals surface area contributed by atoms with Gasteiger partial charge in [-0.1, -0.05) is 6.07 Å². The molecule has 0 saturated carbocycles. The molecule has 112 valence electrons. The number of amides is 2. The smallest absolute Gasteiger partial charge is 0.322 e. The lowest BCUT2D eigenvalue weighted by Crippen LogP contribution is -2.39. The summed E-state index contributed by atoms with van der Waals surface area (Å²) in [4.78, 5) is 43.5. The molecular formula is C12H13N3O6. The number of hydrogen-bond acceptors (Lipinski definition) is 5. The van der Waals surface area contributed by atoms with Crippen LogP contribution >= 0.6 is 0 Å². The van der Waals surface area contributed by atoms with E-state index in [1.54, 1.807) is 0 Å². The zero-order valence-corrected chi connectivity index (χ0v) is 11.1. The van der Waals surface area contributed by atoms with Crippen LogP contribution in [-0.2, 0) is 9.59 Å². The van der Waals surface area contributed by atoms with Crippen LogP contribution in [0.5, 0.6) is 0 Å². The van der Waals surface area contributed by atoms with Crippen molar-refractivity contribution in [1.29, 1.82) is 0 Å². The van der Waals surface area contributed by atoms with Crippen molar-refractivity contribution in [3.63, 3.8) is 0 Å². The van der Waals surface area contributed by atoms with E-state index in [-0.39, 0.29) is 16.8 Å². The van der Waals surface area contributed by atoms with Gasteiger partial charge in [0.25, 0.3) is 11.6 Å². The third-order valence-corrected chi connectivity index (χ3v) is 2.59. The van der Waals surface area contributed by atoms with Crippen molar-refractivity contribution in [2.24, 2.45) is 0 Å². The van der Waals surface area contributed by atoms with Crippen molar-refractivity contribution in [3.8, 4) is 0 Å². The number of nitro groups is 1.